The Kier molecular flexibility index (Phi) is 4.89. The zero-order valence-electron chi connectivity index (χ0n) is 11.1. The van der Waals surface area contributed by atoms with Gasteiger partial charge in [-0.15, -0.1) is 0 Å². The first kappa shape index (κ1) is 15.8. The van der Waals surface area contributed by atoms with Gasteiger partial charge in [0.1, 0.15) is 10.8 Å². The lowest BCUT2D eigenvalue weighted by molar-refractivity contribution is 0.102. The number of carbonyl (C=O) groups excluding carboxylic acids is 1. The number of halogens is 2. The summed E-state index contributed by atoms with van der Waals surface area (Å²) in [4.78, 5) is 12.3. The second-order valence-corrected chi connectivity index (χ2v) is 5.94. The molecule has 0 unspecified atom stereocenters. The number of amides is 1. The quantitative estimate of drug-likeness (QED) is 0.596. The number of hydrogen-bond donors (Lipinski definition) is 2. The second kappa shape index (κ2) is 6.48. The van der Waals surface area contributed by atoms with E-state index in [9.17, 15) is 9.18 Å². The summed E-state index contributed by atoms with van der Waals surface area (Å²) >= 11 is 6.94. The molecule has 0 fully saturated rings. The van der Waals surface area contributed by atoms with E-state index in [1.54, 1.807) is 18.2 Å². The summed E-state index contributed by atoms with van der Waals surface area (Å²) in [5.41, 5.74) is 7.36. The van der Waals surface area contributed by atoms with Crippen LogP contribution in [0.4, 0.5) is 10.1 Å². The minimum Gasteiger partial charge on any atom is -0.389 e. The summed E-state index contributed by atoms with van der Waals surface area (Å²) in [6.07, 6.45) is 0. The zero-order chi connectivity index (χ0) is 15.6. The molecule has 1 amide bonds. The molecule has 0 heterocycles. The molecule has 0 aromatic heterocycles. The van der Waals surface area contributed by atoms with E-state index in [1.807, 2.05) is 13.0 Å². The van der Waals surface area contributed by atoms with Gasteiger partial charge < -0.3 is 11.1 Å². The van der Waals surface area contributed by atoms with Crippen molar-refractivity contribution in [1.29, 1.82) is 0 Å². The van der Waals surface area contributed by atoms with Crippen LogP contribution in [0.1, 0.15) is 21.5 Å². The SMILES string of the molecule is Cc1cccc(C(=O)Nc2cccc(F)c2C(N)=S)c1I. The molecule has 6 heteroatoms. The molecule has 3 nitrogen and oxygen atoms in total. The maximum Gasteiger partial charge on any atom is 0.256 e. The highest BCUT2D eigenvalue weighted by atomic mass is 127. The van der Waals surface area contributed by atoms with E-state index < -0.39 is 5.82 Å². The first-order valence-electron chi connectivity index (χ1n) is 6.06. The Morgan fingerprint density at radius 3 is 2.62 bits per heavy atom. The first-order valence-corrected chi connectivity index (χ1v) is 7.55. The van der Waals surface area contributed by atoms with Crippen molar-refractivity contribution in [3.05, 3.63) is 62.5 Å². The second-order valence-electron chi connectivity index (χ2n) is 4.42. The number of anilines is 1. The lowest BCUT2D eigenvalue weighted by Crippen LogP contribution is -2.19. The summed E-state index contributed by atoms with van der Waals surface area (Å²) in [5.74, 6) is -0.884. The van der Waals surface area contributed by atoms with E-state index in [-0.39, 0.29) is 22.1 Å². The Balaban J connectivity index is 2.39. The molecule has 0 spiro atoms. The number of hydrogen-bond acceptors (Lipinski definition) is 2. The summed E-state index contributed by atoms with van der Waals surface area (Å²) in [7, 11) is 0. The Labute approximate surface area is 140 Å². The van der Waals surface area contributed by atoms with Crippen LogP contribution in [0.25, 0.3) is 0 Å². The van der Waals surface area contributed by atoms with Gasteiger partial charge in [0.15, 0.2) is 0 Å². The predicted octanol–water partition coefficient (Wildman–Crippen LogP) is 3.63. The van der Waals surface area contributed by atoms with Gasteiger partial charge in [-0.1, -0.05) is 30.4 Å². The van der Waals surface area contributed by atoms with Crippen LogP contribution in [0.3, 0.4) is 0 Å². The minimum atomic E-state index is -0.556. The molecule has 3 N–H and O–H groups in total. The largest absolute Gasteiger partial charge is 0.389 e. The van der Waals surface area contributed by atoms with E-state index in [4.69, 9.17) is 18.0 Å². The number of carbonyl (C=O) groups is 1. The van der Waals surface area contributed by atoms with E-state index in [2.05, 4.69) is 27.9 Å². The van der Waals surface area contributed by atoms with Gasteiger partial charge in [0.25, 0.3) is 5.91 Å². The van der Waals surface area contributed by atoms with Crippen molar-refractivity contribution in [2.45, 2.75) is 6.92 Å². The summed E-state index contributed by atoms with van der Waals surface area (Å²) in [5, 5.41) is 2.67. The predicted molar refractivity (Wildman–Crippen MR) is 94.1 cm³/mol. The molecule has 2 rings (SSSR count). The third-order valence-electron chi connectivity index (χ3n) is 2.94. The minimum absolute atomic E-state index is 0.0449. The van der Waals surface area contributed by atoms with Crippen LogP contribution in [0, 0.1) is 16.3 Å². The van der Waals surface area contributed by atoms with Crippen LogP contribution in [0.5, 0.6) is 0 Å². The van der Waals surface area contributed by atoms with Gasteiger partial charge in [-0.2, -0.15) is 0 Å². The summed E-state index contributed by atoms with van der Waals surface area (Å²) in [6, 6.07) is 9.74. The number of rotatable bonds is 3. The number of nitrogens with two attached hydrogens (primary N) is 1. The molecule has 0 aliphatic heterocycles. The van der Waals surface area contributed by atoms with Crippen LogP contribution in [0.2, 0.25) is 0 Å². The Morgan fingerprint density at radius 1 is 1.29 bits per heavy atom. The highest BCUT2D eigenvalue weighted by Gasteiger charge is 2.16. The average Bonchev–Trinajstić information content (AvgIpc) is 2.41. The standard InChI is InChI=1S/C15H12FIN2OS/c1-8-4-2-5-9(13(8)17)15(20)19-11-7-3-6-10(16)12(11)14(18)21/h2-7H,1H3,(H2,18,21)(H,19,20). The van der Waals surface area contributed by atoms with Crippen LogP contribution < -0.4 is 11.1 Å². The van der Waals surface area contributed by atoms with Crippen molar-refractivity contribution in [3.8, 4) is 0 Å². The highest BCUT2D eigenvalue weighted by molar-refractivity contribution is 14.1. The number of benzene rings is 2. The molecule has 0 saturated heterocycles. The van der Waals surface area contributed by atoms with Crippen molar-refractivity contribution in [3.63, 3.8) is 0 Å². The van der Waals surface area contributed by atoms with Gasteiger partial charge in [0.05, 0.1) is 16.8 Å². The van der Waals surface area contributed by atoms with Crippen LogP contribution in [-0.2, 0) is 0 Å². The average molecular weight is 414 g/mol. The zero-order valence-corrected chi connectivity index (χ0v) is 14.1. The third kappa shape index (κ3) is 3.38. The summed E-state index contributed by atoms with van der Waals surface area (Å²) in [6.45, 7) is 1.92. The maximum absolute atomic E-state index is 13.8. The lowest BCUT2D eigenvalue weighted by atomic mass is 10.1. The fraction of sp³-hybridized carbons (Fsp3) is 0.0667. The topological polar surface area (TPSA) is 55.1 Å². The highest BCUT2D eigenvalue weighted by Crippen LogP contribution is 2.22. The maximum atomic E-state index is 13.8. The fourth-order valence-corrected chi connectivity index (χ4v) is 2.70. The van der Waals surface area contributed by atoms with Crippen molar-refractivity contribution in [2.75, 3.05) is 5.32 Å². The molecule has 21 heavy (non-hydrogen) atoms. The first-order chi connectivity index (χ1) is 9.91. The number of thiocarbonyl (C=S) groups is 1. The molecular formula is C15H12FIN2OS. The Bertz CT molecular complexity index is 734. The van der Waals surface area contributed by atoms with Crippen LogP contribution in [-0.4, -0.2) is 10.9 Å². The van der Waals surface area contributed by atoms with Crippen molar-refractivity contribution >= 4 is 51.4 Å². The van der Waals surface area contributed by atoms with Crippen LogP contribution in [0.15, 0.2) is 36.4 Å². The molecule has 0 radical (unpaired) electrons. The van der Waals surface area contributed by atoms with Crippen LogP contribution >= 0.6 is 34.8 Å². The monoisotopic (exact) mass is 414 g/mol. The Morgan fingerprint density at radius 2 is 1.95 bits per heavy atom. The molecule has 0 aliphatic carbocycles. The molecule has 0 bridgehead atoms. The molecule has 2 aromatic rings. The molecular weight excluding hydrogens is 402 g/mol. The number of nitrogens with one attached hydrogen (secondary N) is 1. The van der Waals surface area contributed by atoms with Gasteiger partial charge >= 0.3 is 0 Å². The molecule has 0 aliphatic rings. The van der Waals surface area contributed by atoms with E-state index in [0.29, 0.717) is 5.56 Å². The van der Waals surface area contributed by atoms with Crippen molar-refractivity contribution in [2.24, 2.45) is 5.73 Å². The van der Waals surface area contributed by atoms with Crippen molar-refractivity contribution in [1.82, 2.24) is 0 Å². The van der Waals surface area contributed by atoms with Crippen molar-refractivity contribution < 1.29 is 9.18 Å². The molecule has 0 atom stereocenters. The normalized spacial score (nSPS) is 10.2. The molecule has 2 aromatic carbocycles. The van der Waals surface area contributed by atoms with Gasteiger partial charge in [-0.3, -0.25) is 4.79 Å². The molecule has 0 saturated carbocycles. The van der Waals surface area contributed by atoms with Gasteiger partial charge in [0.2, 0.25) is 0 Å². The summed E-state index contributed by atoms with van der Waals surface area (Å²) < 4.78 is 14.6. The lowest BCUT2D eigenvalue weighted by Gasteiger charge is -2.12. The van der Waals surface area contributed by atoms with E-state index >= 15 is 0 Å². The van der Waals surface area contributed by atoms with Gasteiger partial charge in [-0.25, -0.2) is 4.39 Å². The van der Waals surface area contributed by atoms with E-state index in [1.165, 1.54) is 12.1 Å². The van der Waals surface area contributed by atoms with E-state index in [0.717, 1.165) is 9.13 Å². The number of aryl methyl sites for hydroxylation is 1. The smallest absolute Gasteiger partial charge is 0.256 e. The molecule has 108 valence electrons. The fourth-order valence-electron chi connectivity index (χ4n) is 1.89. The van der Waals surface area contributed by atoms with Gasteiger partial charge in [0, 0.05) is 3.57 Å². The Hall–Kier alpha value is -1.54. The third-order valence-corrected chi connectivity index (χ3v) is 4.58. The van der Waals surface area contributed by atoms with Gasteiger partial charge in [-0.05, 0) is 53.3 Å².